The molecular weight excluding hydrogens is 392 g/mol. The molecule has 0 aliphatic carbocycles. The minimum atomic E-state index is -3.85. The Labute approximate surface area is 147 Å². The average molecular weight is 405 g/mol. The van der Waals surface area contributed by atoms with Crippen LogP contribution in [-0.4, -0.2) is 14.3 Å². The maximum absolute atomic E-state index is 12.3. The molecule has 5 nitrogen and oxygen atoms in total. The van der Waals surface area contributed by atoms with E-state index in [0.717, 1.165) is 15.2 Å². The summed E-state index contributed by atoms with van der Waals surface area (Å²) in [6, 6.07) is 18.8. The summed E-state index contributed by atoms with van der Waals surface area (Å²) >= 11 is 3.27. The molecule has 0 fully saturated rings. The molecule has 0 bridgehead atoms. The summed E-state index contributed by atoms with van der Waals surface area (Å²) in [5.74, 6) is -0.535. The lowest BCUT2D eigenvalue weighted by molar-refractivity contribution is 0.0945. The van der Waals surface area contributed by atoms with E-state index in [1.807, 2.05) is 24.3 Å². The highest BCUT2D eigenvalue weighted by Gasteiger charge is 2.16. The maximum Gasteiger partial charge on any atom is 0.266 e. The van der Waals surface area contributed by atoms with Crippen molar-refractivity contribution in [1.29, 1.82) is 0 Å². The second-order valence-electron chi connectivity index (χ2n) is 5.08. The van der Waals surface area contributed by atoms with Gasteiger partial charge in [0.1, 0.15) is 0 Å². The summed E-state index contributed by atoms with van der Waals surface area (Å²) in [7, 11) is -3.85. The van der Waals surface area contributed by atoms with Crippen LogP contribution >= 0.6 is 15.9 Å². The summed E-state index contributed by atoms with van der Waals surface area (Å²) in [5, 5.41) is 1.75. The highest BCUT2D eigenvalue weighted by Crippen LogP contribution is 2.18. The molecule has 0 unspecified atom stereocenters. The standard InChI is InChI=1S/C17H13BrN2O3S/c18-15-8-5-13(6-9-15)17(21)19-20-24(22,23)16-10-7-12-3-1-2-4-14(12)11-16/h1-11,20H,(H,19,21). The number of fused-ring (bicyclic) bond motifs is 1. The van der Waals surface area contributed by atoms with Crippen LogP contribution in [0.5, 0.6) is 0 Å². The topological polar surface area (TPSA) is 75.3 Å². The normalized spacial score (nSPS) is 11.4. The van der Waals surface area contributed by atoms with Gasteiger partial charge in [-0.3, -0.25) is 10.2 Å². The first-order chi connectivity index (χ1) is 11.5. The van der Waals surface area contributed by atoms with Gasteiger partial charge in [0.2, 0.25) is 0 Å². The van der Waals surface area contributed by atoms with Gasteiger partial charge >= 0.3 is 0 Å². The molecule has 1 amide bonds. The van der Waals surface area contributed by atoms with Crippen LogP contribution in [0.1, 0.15) is 10.4 Å². The van der Waals surface area contributed by atoms with E-state index < -0.39 is 15.9 Å². The molecule has 0 saturated carbocycles. The Morgan fingerprint density at radius 2 is 1.54 bits per heavy atom. The molecule has 122 valence electrons. The number of hydrogen-bond acceptors (Lipinski definition) is 3. The molecular formula is C17H13BrN2O3S. The molecule has 3 aromatic rings. The predicted molar refractivity (Wildman–Crippen MR) is 95.9 cm³/mol. The van der Waals surface area contributed by atoms with E-state index in [1.165, 1.54) is 6.07 Å². The monoisotopic (exact) mass is 404 g/mol. The quantitative estimate of drug-likeness (QED) is 0.655. The molecule has 0 aliphatic heterocycles. The van der Waals surface area contributed by atoms with E-state index in [4.69, 9.17) is 0 Å². The number of amides is 1. The van der Waals surface area contributed by atoms with Gasteiger partial charge in [-0.25, -0.2) is 8.42 Å². The summed E-state index contributed by atoms with van der Waals surface area (Å²) in [6.45, 7) is 0. The number of halogens is 1. The molecule has 2 N–H and O–H groups in total. The molecule has 3 rings (SSSR count). The van der Waals surface area contributed by atoms with Crippen molar-refractivity contribution in [3.8, 4) is 0 Å². The predicted octanol–water partition coefficient (Wildman–Crippen LogP) is 3.23. The fraction of sp³-hybridized carbons (Fsp3) is 0. The summed E-state index contributed by atoms with van der Waals surface area (Å²) in [6.07, 6.45) is 0. The Kier molecular flexibility index (Phi) is 4.66. The van der Waals surface area contributed by atoms with E-state index in [0.29, 0.717) is 5.56 Å². The number of carbonyl (C=O) groups excluding carboxylic acids is 1. The van der Waals surface area contributed by atoms with Crippen LogP contribution < -0.4 is 10.3 Å². The van der Waals surface area contributed by atoms with Gasteiger partial charge in [-0.2, -0.15) is 0 Å². The zero-order chi connectivity index (χ0) is 17.2. The fourth-order valence-corrected chi connectivity index (χ4v) is 3.32. The SMILES string of the molecule is O=C(NNS(=O)(=O)c1ccc2ccccc2c1)c1ccc(Br)cc1. The first kappa shape index (κ1) is 16.6. The molecule has 0 spiro atoms. The highest BCUT2D eigenvalue weighted by molar-refractivity contribution is 9.10. The Morgan fingerprint density at radius 3 is 2.25 bits per heavy atom. The molecule has 24 heavy (non-hydrogen) atoms. The lowest BCUT2D eigenvalue weighted by atomic mass is 10.1. The summed E-state index contributed by atoms with van der Waals surface area (Å²) in [4.78, 5) is 14.2. The molecule has 0 saturated heterocycles. The van der Waals surface area contributed by atoms with Crippen molar-refractivity contribution in [3.05, 3.63) is 76.8 Å². The van der Waals surface area contributed by atoms with Gasteiger partial charge in [-0.15, -0.1) is 4.83 Å². The maximum atomic E-state index is 12.3. The van der Waals surface area contributed by atoms with Crippen molar-refractivity contribution in [3.63, 3.8) is 0 Å². The molecule has 7 heteroatoms. The number of hydrogen-bond donors (Lipinski definition) is 2. The van der Waals surface area contributed by atoms with Gasteiger partial charge < -0.3 is 0 Å². The van der Waals surface area contributed by atoms with Gasteiger partial charge in [0, 0.05) is 10.0 Å². The molecule has 3 aromatic carbocycles. The van der Waals surface area contributed by atoms with Gasteiger partial charge in [0.25, 0.3) is 15.9 Å². The van der Waals surface area contributed by atoms with Crippen molar-refractivity contribution in [2.45, 2.75) is 4.90 Å². The average Bonchev–Trinajstić information content (AvgIpc) is 2.60. The lowest BCUT2D eigenvalue weighted by Gasteiger charge is -2.09. The van der Waals surface area contributed by atoms with Crippen LogP contribution in [0.2, 0.25) is 0 Å². The number of hydrazine groups is 1. The third kappa shape index (κ3) is 3.64. The zero-order valence-electron chi connectivity index (χ0n) is 12.4. The molecule has 0 heterocycles. The van der Waals surface area contributed by atoms with E-state index >= 15 is 0 Å². The number of sulfonamides is 1. The summed E-state index contributed by atoms with van der Waals surface area (Å²) < 4.78 is 25.5. The van der Waals surface area contributed by atoms with Crippen molar-refractivity contribution >= 4 is 42.6 Å². The third-order valence-electron chi connectivity index (χ3n) is 3.44. The number of benzene rings is 3. The van der Waals surface area contributed by atoms with Crippen molar-refractivity contribution in [2.24, 2.45) is 0 Å². The van der Waals surface area contributed by atoms with E-state index in [2.05, 4.69) is 26.2 Å². The number of nitrogens with one attached hydrogen (secondary N) is 2. The molecule has 0 radical (unpaired) electrons. The van der Waals surface area contributed by atoms with Gasteiger partial charge in [-0.05, 0) is 47.2 Å². The van der Waals surface area contributed by atoms with Crippen molar-refractivity contribution in [2.75, 3.05) is 0 Å². The largest absolute Gasteiger partial charge is 0.273 e. The molecule has 0 aromatic heterocycles. The van der Waals surface area contributed by atoms with Crippen LogP contribution in [0, 0.1) is 0 Å². The van der Waals surface area contributed by atoms with E-state index in [1.54, 1.807) is 36.4 Å². The number of rotatable bonds is 4. The Balaban J connectivity index is 1.77. The summed E-state index contributed by atoms with van der Waals surface area (Å²) in [5.41, 5.74) is 2.56. The second kappa shape index (κ2) is 6.72. The van der Waals surface area contributed by atoms with Gasteiger partial charge in [0.05, 0.1) is 4.90 Å². The van der Waals surface area contributed by atoms with E-state index in [-0.39, 0.29) is 4.90 Å². The smallest absolute Gasteiger partial charge is 0.266 e. The Hall–Kier alpha value is -2.22. The Bertz CT molecular complexity index is 1000. The zero-order valence-corrected chi connectivity index (χ0v) is 14.8. The fourth-order valence-electron chi connectivity index (χ4n) is 2.18. The van der Waals surface area contributed by atoms with Crippen LogP contribution in [-0.2, 0) is 10.0 Å². The lowest BCUT2D eigenvalue weighted by Crippen LogP contribution is -2.41. The first-order valence-corrected chi connectivity index (χ1v) is 9.30. The molecule has 0 aliphatic rings. The molecule has 0 atom stereocenters. The third-order valence-corrected chi connectivity index (χ3v) is 5.21. The first-order valence-electron chi connectivity index (χ1n) is 7.02. The van der Waals surface area contributed by atoms with Crippen LogP contribution in [0.15, 0.2) is 76.1 Å². The van der Waals surface area contributed by atoms with Crippen molar-refractivity contribution < 1.29 is 13.2 Å². The minimum Gasteiger partial charge on any atom is -0.273 e. The van der Waals surface area contributed by atoms with Crippen LogP contribution in [0.4, 0.5) is 0 Å². The minimum absolute atomic E-state index is 0.0808. The highest BCUT2D eigenvalue weighted by atomic mass is 79.9. The van der Waals surface area contributed by atoms with Gasteiger partial charge in [-0.1, -0.05) is 46.3 Å². The van der Waals surface area contributed by atoms with Gasteiger partial charge in [0.15, 0.2) is 0 Å². The van der Waals surface area contributed by atoms with Crippen LogP contribution in [0.3, 0.4) is 0 Å². The Morgan fingerprint density at radius 1 is 0.875 bits per heavy atom. The van der Waals surface area contributed by atoms with Crippen LogP contribution in [0.25, 0.3) is 10.8 Å². The second-order valence-corrected chi connectivity index (χ2v) is 7.67. The van der Waals surface area contributed by atoms with E-state index in [9.17, 15) is 13.2 Å². The number of carbonyl (C=O) groups is 1. The van der Waals surface area contributed by atoms with Crippen molar-refractivity contribution in [1.82, 2.24) is 10.3 Å².